The van der Waals surface area contributed by atoms with E-state index in [0.717, 1.165) is 5.82 Å². The molecule has 0 bridgehead atoms. The zero-order chi connectivity index (χ0) is 14.4. The summed E-state index contributed by atoms with van der Waals surface area (Å²) < 4.78 is 12.1. The molecule has 0 aliphatic rings. The number of hydrogen-bond donors (Lipinski definition) is 0. The van der Waals surface area contributed by atoms with Crippen LogP contribution in [0.1, 0.15) is 5.82 Å². The maximum atomic E-state index is 5.09. The van der Waals surface area contributed by atoms with E-state index in [0.29, 0.717) is 31.5 Å². The Morgan fingerprint density at radius 2 is 2.20 bits per heavy atom. The van der Waals surface area contributed by atoms with Crippen LogP contribution in [0.5, 0.6) is 5.88 Å². The van der Waals surface area contributed by atoms with Gasteiger partial charge < -0.3 is 18.9 Å². The largest absolute Gasteiger partial charge is 0.481 e. The van der Waals surface area contributed by atoms with Crippen molar-refractivity contribution in [2.24, 2.45) is 0 Å². The van der Waals surface area contributed by atoms with E-state index in [1.54, 1.807) is 32.8 Å². The van der Waals surface area contributed by atoms with Crippen molar-refractivity contribution in [3.8, 4) is 5.88 Å². The molecule has 108 valence electrons. The minimum Gasteiger partial charge on any atom is -0.481 e. The van der Waals surface area contributed by atoms with Crippen molar-refractivity contribution in [2.75, 3.05) is 32.8 Å². The molecule has 0 aliphatic heterocycles. The van der Waals surface area contributed by atoms with Gasteiger partial charge >= 0.3 is 0 Å². The van der Waals surface area contributed by atoms with Gasteiger partial charge in [0.15, 0.2) is 5.82 Å². The molecule has 2 rings (SSSR count). The second-order valence-electron chi connectivity index (χ2n) is 4.19. The third kappa shape index (κ3) is 3.41. The third-order valence-electron chi connectivity index (χ3n) is 2.78. The van der Waals surface area contributed by atoms with Crippen LogP contribution in [0.15, 0.2) is 18.6 Å². The smallest absolute Gasteiger partial charge is 0.228 e. The van der Waals surface area contributed by atoms with Crippen molar-refractivity contribution >= 4 is 5.95 Å². The number of anilines is 1. The van der Waals surface area contributed by atoms with Crippen LogP contribution in [0, 0.1) is 0 Å². The lowest BCUT2D eigenvalue weighted by atomic mass is 10.5. The van der Waals surface area contributed by atoms with Crippen LogP contribution in [0.4, 0.5) is 5.95 Å². The summed E-state index contributed by atoms with van der Waals surface area (Å²) in [6.07, 6.45) is 3.35. The van der Waals surface area contributed by atoms with Crippen LogP contribution in [0.3, 0.4) is 0 Å². The van der Waals surface area contributed by atoms with Gasteiger partial charge in [0, 0.05) is 33.0 Å². The molecule has 8 nitrogen and oxygen atoms in total. The van der Waals surface area contributed by atoms with E-state index in [1.807, 2.05) is 16.5 Å². The van der Waals surface area contributed by atoms with E-state index in [1.165, 1.54) is 0 Å². The van der Waals surface area contributed by atoms with Gasteiger partial charge in [0.2, 0.25) is 11.8 Å². The van der Waals surface area contributed by atoms with Crippen LogP contribution in [0.25, 0.3) is 0 Å². The lowest BCUT2D eigenvalue weighted by Crippen LogP contribution is -2.22. The molecule has 0 aromatic carbocycles. The van der Waals surface area contributed by atoms with Crippen molar-refractivity contribution in [3.05, 3.63) is 24.4 Å². The van der Waals surface area contributed by atoms with Crippen molar-refractivity contribution in [2.45, 2.75) is 13.1 Å². The Labute approximate surface area is 117 Å². The fourth-order valence-electron chi connectivity index (χ4n) is 1.69. The van der Waals surface area contributed by atoms with Gasteiger partial charge in [0.05, 0.1) is 20.3 Å². The Bertz CT molecular complexity index is 544. The standard InChI is InChI=1S/C12H18N6O2/c1-17(12-13-5-4-11(15-12)20-3)8-10-16-14-9-18(10)6-7-19-2/h4-5,9H,6-8H2,1-3H3. The van der Waals surface area contributed by atoms with Gasteiger partial charge in [0.1, 0.15) is 6.33 Å². The van der Waals surface area contributed by atoms with Crippen LogP contribution in [-0.2, 0) is 17.8 Å². The van der Waals surface area contributed by atoms with Gasteiger partial charge in [-0.15, -0.1) is 10.2 Å². The van der Waals surface area contributed by atoms with E-state index in [-0.39, 0.29) is 0 Å². The average Bonchev–Trinajstić information content (AvgIpc) is 2.92. The second kappa shape index (κ2) is 6.80. The molecule has 0 fully saturated rings. The van der Waals surface area contributed by atoms with Gasteiger partial charge in [0.25, 0.3) is 0 Å². The van der Waals surface area contributed by atoms with Gasteiger partial charge in [-0.05, 0) is 0 Å². The first kappa shape index (κ1) is 14.2. The van der Waals surface area contributed by atoms with Gasteiger partial charge in [-0.3, -0.25) is 0 Å². The van der Waals surface area contributed by atoms with Gasteiger partial charge in [-0.25, -0.2) is 4.98 Å². The molecule has 0 amide bonds. The summed E-state index contributed by atoms with van der Waals surface area (Å²) in [6, 6.07) is 1.71. The molecule has 0 saturated carbocycles. The quantitative estimate of drug-likeness (QED) is 0.723. The first-order chi connectivity index (χ1) is 9.74. The monoisotopic (exact) mass is 278 g/mol. The zero-order valence-corrected chi connectivity index (χ0v) is 11.9. The lowest BCUT2D eigenvalue weighted by molar-refractivity contribution is 0.186. The molecular weight excluding hydrogens is 260 g/mol. The molecular formula is C12H18N6O2. The molecule has 0 unspecified atom stereocenters. The van der Waals surface area contributed by atoms with Crippen LogP contribution in [0.2, 0.25) is 0 Å². The highest BCUT2D eigenvalue weighted by atomic mass is 16.5. The van der Waals surface area contributed by atoms with Crippen molar-refractivity contribution in [1.29, 1.82) is 0 Å². The number of rotatable bonds is 7. The molecule has 0 aliphatic carbocycles. The summed E-state index contributed by atoms with van der Waals surface area (Å²) in [4.78, 5) is 10.4. The van der Waals surface area contributed by atoms with E-state index >= 15 is 0 Å². The normalized spacial score (nSPS) is 10.6. The number of methoxy groups -OCH3 is 2. The molecule has 20 heavy (non-hydrogen) atoms. The van der Waals surface area contributed by atoms with E-state index < -0.39 is 0 Å². The predicted molar refractivity (Wildman–Crippen MR) is 72.6 cm³/mol. The molecule has 0 spiro atoms. The molecule has 2 aromatic heterocycles. The van der Waals surface area contributed by atoms with Crippen molar-refractivity contribution in [1.82, 2.24) is 24.7 Å². The molecule has 8 heteroatoms. The maximum Gasteiger partial charge on any atom is 0.228 e. The fraction of sp³-hybridized carbons (Fsp3) is 0.500. The highest BCUT2D eigenvalue weighted by Gasteiger charge is 2.11. The molecule has 0 atom stereocenters. The van der Waals surface area contributed by atoms with Crippen LogP contribution < -0.4 is 9.64 Å². The Morgan fingerprint density at radius 3 is 2.95 bits per heavy atom. The van der Waals surface area contributed by atoms with E-state index in [4.69, 9.17) is 9.47 Å². The minimum atomic E-state index is 0.530. The molecule has 0 N–H and O–H groups in total. The first-order valence-corrected chi connectivity index (χ1v) is 6.18. The maximum absolute atomic E-state index is 5.09. The predicted octanol–water partition coefficient (Wildman–Crippen LogP) is 0.359. The van der Waals surface area contributed by atoms with Crippen molar-refractivity contribution < 1.29 is 9.47 Å². The Morgan fingerprint density at radius 1 is 1.35 bits per heavy atom. The third-order valence-corrected chi connectivity index (χ3v) is 2.78. The minimum absolute atomic E-state index is 0.530. The summed E-state index contributed by atoms with van der Waals surface area (Å²) in [7, 11) is 5.14. The molecule has 0 saturated heterocycles. The summed E-state index contributed by atoms with van der Waals surface area (Å²) in [5, 5.41) is 8.03. The molecule has 0 radical (unpaired) electrons. The summed E-state index contributed by atoms with van der Waals surface area (Å²) in [5.41, 5.74) is 0. The number of hydrogen-bond acceptors (Lipinski definition) is 7. The molecule has 2 aromatic rings. The second-order valence-corrected chi connectivity index (χ2v) is 4.19. The highest BCUT2D eigenvalue weighted by Crippen LogP contribution is 2.12. The van der Waals surface area contributed by atoms with Gasteiger partial charge in [-0.1, -0.05) is 0 Å². The lowest BCUT2D eigenvalue weighted by Gasteiger charge is -2.17. The van der Waals surface area contributed by atoms with Crippen LogP contribution in [-0.4, -0.2) is 52.6 Å². The summed E-state index contributed by atoms with van der Waals surface area (Å²) in [6.45, 7) is 1.88. The Kier molecular flexibility index (Phi) is 4.83. The highest BCUT2D eigenvalue weighted by molar-refractivity contribution is 5.30. The van der Waals surface area contributed by atoms with Crippen molar-refractivity contribution in [3.63, 3.8) is 0 Å². The Balaban J connectivity index is 2.07. The summed E-state index contributed by atoms with van der Waals surface area (Å²) in [5.74, 6) is 1.93. The first-order valence-electron chi connectivity index (χ1n) is 6.18. The van der Waals surface area contributed by atoms with E-state index in [9.17, 15) is 0 Å². The molecule has 2 heterocycles. The Hall–Kier alpha value is -2.22. The number of ether oxygens (including phenoxy) is 2. The summed E-state index contributed by atoms with van der Waals surface area (Å²) >= 11 is 0. The van der Waals surface area contributed by atoms with Gasteiger partial charge in [-0.2, -0.15) is 4.98 Å². The van der Waals surface area contributed by atoms with E-state index in [2.05, 4.69) is 20.2 Å². The topological polar surface area (TPSA) is 78.2 Å². The fourth-order valence-corrected chi connectivity index (χ4v) is 1.69. The van der Waals surface area contributed by atoms with Crippen LogP contribution >= 0.6 is 0 Å². The zero-order valence-electron chi connectivity index (χ0n) is 11.9. The average molecular weight is 278 g/mol. The SMILES string of the molecule is COCCn1cnnc1CN(C)c1nccc(OC)n1. The number of aromatic nitrogens is 5. The number of nitrogens with zero attached hydrogens (tertiary/aromatic N) is 6.